The van der Waals surface area contributed by atoms with E-state index >= 15 is 0 Å². The summed E-state index contributed by atoms with van der Waals surface area (Å²) in [5.74, 6) is -1.44. The molecule has 0 unspecified atom stereocenters. The summed E-state index contributed by atoms with van der Waals surface area (Å²) >= 11 is 0. The number of quaternary nitrogens is 1. The third-order valence-electron chi connectivity index (χ3n) is 1.94. The second-order valence-corrected chi connectivity index (χ2v) is 3.52. The molecule has 1 rings (SSSR count). The van der Waals surface area contributed by atoms with Gasteiger partial charge in [0.1, 0.15) is 6.73 Å². The van der Waals surface area contributed by atoms with E-state index in [1.165, 1.54) is 11.6 Å². The summed E-state index contributed by atoms with van der Waals surface area (Å²) in [5, 5.41) is 11.6. The minimum atomic E-state index is -1.23. The van der Waals surface area contributed by atoms with Gasteiger partial charge in [-0.1, -0.05) is 56.1 Å². The van der Waals surface area contributed by atoms with E-state index in [1.54, 1.807) is 0 Å². The lowest BCUT2D eigenvalue weighted by Gasteiger charge is -1.99. The van der Waals surface area contributed by atoms with Gasteiger partial charge in [-0.15, -0.1) is 0 Å². The van der Waals surface area contributed by atoms with Gasteiger partial charge >= 0.3 is 0 Å². The Labute approximate surface area is 137 Å². The number of amides is 1. The predicted molar refractivity (Wildman–Crippen MR) is 92.6 cm³/mol. The molecule has 0 aliphatic carbocycles. The van der Waals surface area contributed by atoms with Crippen molar-refractivity contribution < 1.29 is 19.4 Å². The van der Waals surface area contributed by atoms with Crippen LogP contribution in [0.1, 0.15) is 12.5 Å². The van der Waals surface area contributed by atoms with Crippen LogP contribution in [0.2, 0.25) is 0 Å². The Morgan fingerprint density at radius 1 is 1.17 bits per heavy atom. The van der Waals surface area contributed by atoms with Crippen LogP contribution in [-0.4, -0.2) is 25.2 Å². The fourth-order valence-corrected chi connectivity index (χ4v) is 0.886. The Kier molecular flexibility index (Phi) is 21.2. The van der Waals surface area contributed by atoms with E-state index in [2.05, 4.69) is 25.1 Å². The van der Waals surface area contributed by atoms with Crippen LogP contribution in [-0.2, 0) is 14.3 Å². The maximum Gasteiger partial charge on any atom is 0.245 e. The van der Waals surface area contributed by atoms with Crippen molar-refractivity contribution in [3.63, 3.8) is 0 Å². The number of carbonyl (C=O) groups excluding carboxylic acids is 2. The van der Waals surface area contributed by atoms with Crippen molar-refractivity contribution in [3.05, 3.63) is 67.8 Å². The highest BCUT2D eigenvalue weighted by molar-refractivity contribution is 5.86. The SMILES string of the molecule is C=CC(=O)NCOCC.C=CC(=O)[O-].C=Cc1ccccc1.[NH4+]. The highest BCUT2D eigenvalue weighted by Crippen LogP contribution is 1.97. The van der Waals surface area contributed by atoms with Crippen LogP contribution in [0.3, 0.4) is 0 Å². The first-order chi connectivity index (χ1) is 10.5. The van der Waals surface area contributed by atoms with Crippen LogP contribution in [0.25, 0.3) is 6.08 Å². The molecule has 128 valence electrons. The highest BCUT2D eigenvalue weighted by atomic mass is 16.5. The summed E-state index contributed by atoms with van der Waals surface area (Å²) in [4.78, 5) is 19.5. The molecule has 0 atom stereocenters. The number of aliphatic carboxylic acids is 1. The van der Waals surface area contributed by atoms with Crippen LogP contribution in [0.4, 0.5) is 0 Å². The minimum absolute atomic E-state index is 0. The Hall–Kier alpha value is -2.70. The monoisotopic (exact) mass is 322 g/mol. The lowest BCUT2D eigenvalue weighted by molar-refractivity contribution is -0.297. The molecule has 0 spiro atoms. The van der Waals surface area contributed by atoms with E-state index in [0.717, 1.165) is 6.08 Å². The van der Waals surface area contributed by atoms with Crippen molar-refractivity contribution >= 4 is 18.0 Å². The zero-order valence-corrected chi connectivity index (χ0v) is 13.8. The second kappa shape index (κ2) is 19.3. The van der Waals surface area contributed by atoms with Gasteiger partial charge in [0, 0.05) is 6.61 Å². The summed E-state index contributed by atoms with van der Waals surface area (Å²) < 4.78 is 4.83. The number of carboxylic acid groups (broad SMARTS) is 1. The summed E-state index contributed by atoms with van der Waals surface area (Å²) in [6, 6.07) is 10.0. The van der Waals surface area contributed by atoms with E-state index in [1.807, 2.05) is 43.3 Å². The molecule has 0 heterocycles. The number of nitrogens with one attached hydrogen (secondary N) is 1. The van der Waals surface area contributed by atoms with E-state index in [0.29, 0.717) is 6.61 Å². The van der Waals surface area contributed by atoms with Gasteiger partial charge in [-0.2, -0.15) is 0 Å². The molecule has 0 aliphatic heterocycles. The zero-order chi connectivity index (χ0) is 17.2. The third-order valence-corrected chi connectivity index (χ3v) is 1.94. The first kappa shape index (κ1) is 25.3. The van der Waals surface area contributed by atoms with Crippen LogP contribution in [0.5, 0.6) is 0 Å². The Balaban J connectivity index is -0.000000265. The van der Waals surface area contributed by atoms with Crippen LogP contribution < -0.4 is 16.6 Å². The van der Waals surface area contributed by atoms with Gasteiger partial charge in [0.2, 0.25) is 5.91 Å². The van der Waals surface area contributed by atoms with Crippen molar-refractivity contribution in [1.29, 1.82) is 0 Å². The Bertz CT molecular complexity index is 459. The van der Waals surface area contributed by atoms with E-state index < -0.39 is 5.97 Å². The van der Waals surface area contributed by atoms with Crippen molar-refractivity contribution in [2.24, 2.45) is 0 Å². The fourth-order valence-electron chi connectivity index (χ4n) is 0.886. The van der Waals surface area contributed by atoms with Gasteiger partial charge in [-0.25, -0.2) is 0 Å². The zero-order valence-electron chi connectivity index (χ0n) is 13.8. The molecule has 23 heavy (non-hydrogen) atoms. The maximum absolute atomic E-state index is 10.4. The van der Waals surface area contributed by atoms with Gasteiger partial charge < -0.3 is 26.1 Å². The topological polar surface area (TPSA) is 115 Å². The molecule has 6 heteroatoms. The highest BCUT2D eigenvalue weighted by Gasteiger charge is 1.88. The molecule has 0 radical (unpaired) electrons. The maximum atomic E-state index is 10.4. The molecule has 0 bridgehead atoms. The van der Waals surface area contributed by atoms with Gasteiger partial charge in [0.25, 0.3) is 0 Å². The van der Waals surface area contributed by atoms with Gasteiger partial charge in [0.15, 0.2) is 0 Å². The van der Waals surface area contributed by atoms with Gasteiger partial charge in [-0.3, -0.25) is 4.79 Å². The second-order valence-electron chi connectivity index (χ2n) is 3.52. The number of ether oxygens (including phenoxy) is 1. The minimum Gasteiger partial charge on any atom is -0.545 e. The lowest BCUT2D eigenvalue weighted by atomic mass is 10.2. The summed E-state index contributed by atoms with van der Waals surface area (Å²) in [5.41, 5.74) is 1.17. The number of hydrogen-bond acceptors (Lipinski definition) is 4. The van der Waals surface area contributed by atoms with Crippen molar-refractivity contribution in [2.45, 2.75) is 6.92 Å². The van der Waals surface area contributed by atoms with Crippen LogP contribution in [0, 0.1) is 0 Å². The molecule has 1 aromatic rings. The molecular formula is C17H26N2O4. The third kappa shape index (κ3) is 21.7. The number of benzene rings is 1. The number of hydrogen-bond donors (Lipinski definition) is 2. The Morgan fingerprint density at radius 2 is 1.70 bits per heavy atom. The first-order valence-corrected chi connectivity index (χ1v) is 6.50. The van der Waals surface area contributed by atoms with E-state index in [-0.39, 0.29) is 18.8 Å². The molecule has 0 saturated heterocycles. The molecule has 5 N–H and O–H groups in total. The van der Waals surface area contributed by atoms with Crippen molar-refractivity contribution in [2.75, 3.05) is 13.3 Å². The molecule has 0 saturated carbocycles. The first-order valence-electron chi connectivity index (χ1n) is 6.50. The molecule has 0 fully saturated rings. The number of carbonyl (C=O) groups is 2. The predicted octanol–water partition coefficient (Wildman–Crippen LogP) is 1.91. The van der Waals surface area contributed by atoms with Crippen molar-refractivity contribution in [3.8, 4) is 0 Å². The van der Waals surface area contributed by atoms with Crippen LogP contribution in [0.15, 0.2) is 62.2 Å². The molecule has 1 amide bonds. The summed E-state index contributed by atoms with van der Waals surface area (Å²) in [7, 11) is 0. The summed E-state index contributed by atoms with van der Waals surface area (Å²) in [6.07, 6.45) is 3.76. The summed E-state index contributed by atoms with van der Waals surface area (Å²) in [6.45, 7) is 12.5. The number of carboxylic acids is 1. The standard InChI is InChI=1S/C8H8.C6H11NO2.C3H4O2.H3N/c1-2-8-6-4-3-5-7-8;1-3-6(8)7-5-9-4-2;1-2-3(4)5;/h2-7H,1H2;3H,1,4-5H2,2H3,(H,7,8);2H,1H2,(H,4,5);1H3. The Morgan fingerprint density at radius 3 is 2.00 bits per heavy atom. The number of rotatable bonds is 6. The quantitative estimate of drug-likeness (QED) is 0.473. The fraction of sp³-hybridized carbons (Fsp3) is 0.176. The smallest absolute Gasteiger partial charge is 0.245 e. The van der Waals surface area contributed by atoms with Gasteiger partial charge in [-0.05, 0) is 24.6 Å². The molecule has 0 aliphatic rings. The normalized spacial score (nSPS) is 7.70. The van der Waals surface area contributed by atoms with Crippen molar-refractivity contribution in [1.82, 2.24) is 11.5 Å². The van der Waals surface area contributed by atoms with Crippen LogP contribution >= 0.6 is 0 Å². The van der Waals surface area contributed by atoms with E-state index in [4.69, 9.17) is 14.6 Å². The van der Waals surface area contributed by atoms with E-state index in [9.17, 15) is 4.79 Å². The lowest BCUT2D eigenvalue weighted by Crippen LogP contribution is -2.23. The molecule has 1 aromatic carbocycles. The molecule has 6 nitrogen and oxygen atoms in total. The van der Waals surface area contributed by atoms with Gasteiger partial charge in [0.05, 0.1) is 5.97 Å². The molecule has 0 aromatic heterocycles. The molecular weight excluding hydrogens is 296 g/mol. The average Bonchev–Trinajstić information content (AvgIpc) is 2.56. The average molecular weight is 322 g/mol. The largest absolute Gasteiger partial charge is 0.545 e.